The summed E-state index contributed by atoms with van der Waals surface area (Å²) in [5.41, 5.74) is 3.48. The highest BCUT2D eigenvalue weighted by Crippen LogP contribution is 2.21. The Kier molecular flexibility index (Phi) is 8.37. The maximum absolute atomic E-state index is 12.5. The van der Waals surface area contributed by atoms with Crippen molar-refractivity contribution < 1.29 is 14.3 Å². The van der Waals surface area contributed by atoms with Crippen LogP contribution in [0, 0.1) is 13.8 Å². The lowest BCUT2D eigenvalue weighted by atomic mass is 10.1. The molecule has 0 aromatic heterocycles. The lowest BCUT2D eigenvalue weighted by Gasteiger charge is -2.19. The molecule has 2 aromatic carbocycles. The monoisotopic (exact) mass is 383 g/mol. The Bertz CT molecular complexity index is 753. The zero-order chi connectivity index (χ0) is 20.5. The number of ether oxygens (including phenoxy) is 2. The average molecular weight is 384 g/mol. The molecule has 0 radical (unpaired) electrons. The molecule has 0 spiro atoms. The van der Waals surface area contributed by atoms with Gasteiger partial charge in [0.25, 0.3) is 5.91 Å². The molecule has 1 atom stereocenters. The quantitative estimate of drug-likeness (QED) is 0.588. The number of carbonyl (C=O) groups excluding carboxylic acids is 1. The summed E-state index contributed by atoms with van der Waals surface area (Å²) < 4.78 is 11.6. The van der Waals surface area contributed by atoms with Gasteiger partial charge in [0.15, 0.2) is 6.10 Å². The van der Waals surface area contributed by atoms with Crippen molar-refractivity contribution in [3.05, 3.63) is 59.2 Å². The highest BCUT2D eigenvalue weighted by atomic mass is 16.5. The summed E-state index contributed by atoms with van der Waals surface area (Å²) in [6.45, 7) is 10.7. The third-order valence-electron chi connectivity index (χ3n) is 4.50. The molecule has 0 saturated carbocycles. The maximum atomic E-state index is 12.5. The first-order valence-corrected chi connectivity index (χ1v) is 10.2. The van der Waals surface area contributed by atoms with E-state index in [1.165, 1.54) is 11.1 Å². The van der Waals surface area contributed by atoms with E-state index in [0.29, 0.717) is 13.0 Å². The molecule has 0 fully saturated rings. The zero-order valence-electron chi connectivity index (χ0n) is 17.7. The van der Waals surface area contributed by atoms with Gasteiger partial charge < -0.3 is 14.8 Å². The predicted molar refractivity (Wildman–Crippen MR) is 114 cm³/mol. The van der Waals surface area contributed by atoms with Crippen molar-refractivity contribution in [2.45, 2.75) is 66.1 Å². The predicted octanol–water partition coefficient (Wildman–Crippen LogP) is 5.00. The SMILES string of the molecule is CCC(Oc1ccc(C)cc1C)C(=O)NCCCc1ccc(OC(C)C)cc1. The second-order valence-electron chi connectivity index (χ2n) is 7.49. The number of hydrogen-bond donors (Lipinski definition) is 1. The molecule has 1 N–H and O–H groups in total. The van der Waals surface area contributed by atoms with Crippen molar-refractivity contribution in [3.8, 4) is 11.5 Å². The molecular formula is C24H33NO3. The standard InChI is InChI=1S/C24H33NO3/c1-6-22(28-23-14-9-18(4)16-19(23)5)24(26)25-15-7-8-20-10-12-21(13-11-20)27-17(2)3/h9-14,16-17,22H,6-8,15H2,1-5H3,(H,25,26). The van der Waals surface area contributed by atoms with Crippen LogP contribution in [0.1, 0.15) is 50.3 Å². The lowest BCUT2D eigenvalue weighted by Crippen LogP contribution is -2.38. The molecule has 28 heavy (non-hydrogen) atoms. The van der Waals surface area contributed by atoms with E-state index in [1.807, 2.05) is 58.9 Å². The molecule has 1 unspecified atom stereocenters. The molecule has 0 aliphatic rings. The second-order valence-corrected chi connectivity index (χ2v) is 7.49. The lowest BCUT2D eigenvalue weighted by molar-refractivity contribution is -0.128. The van der Waals surface area contributed by atoms with Crippen LogP contribution >= 0.6 is 0 Å². The largest absolute Gasteiger partial charge is 0.491 e. The molecule has 2 aromatic rings. The highest BCUT2D eigenvalue weighted by molar-refractivity contribution is 5.81. The van der Waals surface area contributed by atoms with Crippen molar-refractivity contribution in [2.75, 3.05) is 6.54 Å². The van der Waals surface area contributed by atoms with Crippen LogP contribution in [0.2, 0.25) is 0 Å². The first-order valence-electron chi connectivity index (χ1n) is 10.2. The first kappa shape index (κ1) is 21.8. The highest BCUT2D eigenvalue weighted by Gasteiger charge is 2.18. The van der Waals surface area contributed by atoms with Crippen LogP contribution in [0.15, 0.2) is 42.5 Å². The summed E-state index contributed by atoms with van der Waals surface area (Å²) >= 11 is 0. The van der Waals surface area contributed by atoms with Gasteiger partial charge >= 0.3 is 0 Å². The van der Waals surface area contributed by atoms with Gasteiger partial charge in [0.2, 0.25) is 0 Å². The van der Waals surface area contributed by atoms with Crippen molar-refractivity contribution in [1.29, 1.82) is 0 Å². The van der Waals surface area contributed by atoms with Crippen LogP contribution in [0.5, 0.6) is 11.5 Å². The van der Waals surface area contributed by atoms with Crippen molar-refractivity contribution in [2.24, 2.45) is 0 Å². The van der Waals surface area contributed by atoms with Crippen molar-refractivity contribution >= 4 is 5.91 Å². The van der Waals surface area contributed by atoms with Crippen LogP contribution < -0.4 is 14.8 Å². The second kappa shape index (κ2) is 10.7. The summed E-state index contributed by atoms with van der Waals surface area (Å²) in [7, 11) is 0. The number of amides is 1. The zero-order valence-corrected chi connectivity index (χ0v) is 17.7. The van der Waals surface area contributed by atoms with E-state index in [1.54, 1.807) is 0 Å². The van der Waals surface area contributed by atoms with E-state index in [9.17, 15) is 4.79 Å². The van der Waals surface area contributed by atoms with E-state index in [2.05, 4.69) is 23.5 Å². The van der Waals surface area contributed by atoms with Gasteiger partial charge in [-0.2, -0.15) is 0 Å². The minimum absolute atomic E-state index is 0.0526. The summed E-state index contributed by atoms with van der Waals surface area (Å²) in [6.07, 6.45) is 2.15. The minimum Gasteiger partial charge on any atom is -0.491 e. The van der Waals surface area contributed by atoms with Crippen LogP contribution in [0.3, 0.4) is 0 Å². The van der Waals surface area contributed by atoms with Gasteiger partial charge in [-0.25, -0.2) is 0 Å². The Labute approximate surface area is 169 Å². The van der Waals surface area contributed by atoms with E-state index in [4.69, 9.17) is 9.47 Å². The number of nitrogens with one attached hydrogen (secondary N) is 1. The first-order chi connectivity index (χ1) is 13.4. The van der Waals surface area contributed by atoms with Gasteiger partial charge in [0, 0.05) is 6.54 Å². The number of hydrogen-bond acceptors (Lipinski definition) is 3. The molecule has 0 aliphatic carbocycles. The van der Waals surface area contributed by atoms with Gasteiger partial charge in [0.1, 0.15) is 11.5 Å². The molecule has 0 heterocycles. The average Bonchev–Trinajstić information content (AvgIpc) is 2.65. The molecular weight excluding hydrogens is 350 g/mol. The van der Waals surface area contributed by atoms with E-state index in [-0.39, 0.29) is 12.0 Å². The van der Waals surface area contributed by atoms with Crippen molar-refractivity contribution in [3.63, 3.8) is 0 Å². The molecule has 1 amide bonds. The number of rotatable bonds is 10. The Morgan fingerprint density at radius 2 is 1.75 bits per heavy atom. The molecule has 0 saturated heterocycles. The molecule has 2 rings (SSSR count). The Balaban J connectivity index is 1.77. The summed E-state index contributed by atoms with van der Waals surface area (Å²) in [4.78, 5) is 12.5. The third-order valence-corrected chi connectivity index (χ3v) is 4.50. The molecule has 152 valence electrons. The Hall–Kier alpha value is -2.49. The van der Waals surface area contributed by atoms with Crippen LogP contribution in [-0.4, -0.2) is 24.7 Å². The van der Waals surface area contributed by atoms with Gasteiger partial charge in [-0.1, -0.05) is 36.8 Å². The molecule has 0 aliphatic heterocycles. The third kappa shape index (κ3) is 6.91. The smallest absolute Gasteiger partial charge is 0.261 e. The topological polar surface area (TPSA) is 47.6 Å². The van der Waals surface area contributed by atoms with E-state index in [0.717, 1.165) is 29.9 Å². The summed E-state index contributed by atoms with van der Waals surface area (Å²) in [6, 6.07) is 14.2. The fourth-order valence-corrected chi connectivity index (χ4v) is 3.03. The summed E-state index contributed by atoms with van der Waals surface area (Å²) in [5, 5.41) is 3.00. The van der Waals surface area contributed by atoms with Crippen LogP contribution in [-0.2, 0) is 11.2 Å². The van der Waals surface area contributed by atoms with Crippen molar-refractivity contribution in [1.82, 2.24) is 5.32 Å². The van der Waals surface area contributed by atoms with E-state index < -0.39 is 6.10 Å². The molecule has 4 heteroatoms. The fourth-order valence-electron chi connectivity index (χ4n) is 3.03. The van der Waals surface area contributed by atoms with Crippen LogP contribution in [0.4, 0.5) is 0 Å². The van der Waals surface area contributed by atoms with E-state index >= 15 is 0 Å². The van der Waals surface area contributed by atoms with Gasteiger partial charge in [-0.05, 0) is 76.3 Å². The Morgan fingerprint density at radius 3 is 2.36 bits per heavy atom. The molecule has 0 bridgehead atoms. The normalized spacial score (nSPS) is 11.9. The Morgan fingerprint density at radius 1 is 1.04 bits per heavy atom. The van der Waals surface area contributed by atoms with Gasteiger partial charge in [-0.3, -0.25) is 4.79 Å². The molecule has 4 nitrogen and oxygen atoms in total. The van der Waals surface area contributed by atoms with Crippen LogP contribution in [0.25, 0.3) is 0 Å². The number of carbonyl (C=O) groups is 1. The van der Waals surface area contributed by atoms with Gasteiger partial charge in [0.05, 0.1) is 6.10 Å². The maximum Gasteiger partial charge on any atom is 0.261 e. The number of benzene rings is 2. The fraction of sp³-hybridized carbons (Fsp3) is 0.458. The summed E-state index contributed by atoms with van der Waals surface area (Å²) in [5.74, 6) is 1.61. The minimum atomic E-state index is -0.464. The number of aryl methyl sites for hydroxylation is 3. The van der Waals surface area contributed by atoms with Gasteiger partial charge in [-0.15, -0.1) is 0 Å².